The molecular formula is C11H11N3O2. The Morgan fingerprint density at radius 2 is 2.25 bits per heavy atom. The zero-order valence-electron chi connectivity index (χ0n) is 8.79. The van der Waals surface area contributed by atoms with Gasteiger partial charge < -0.3 is 9.67 Å². The Morgan fingerprint density at radius 1 is 1.44 bits per heavy atom. The molecule has 0 aromatic carbocycles. The highest BCUT2D eigenvalue weighted by Gasteiger charge is 2.12. The second-order valence-corrected chi connectivity index (χ2v) is 3.45. The van der Waals surface area contributed by atoms with Crippen molar-refractivity contribution in [3.8, 4) is 0 Å². The van der Waals surface area contributed by atoms with Gasteiger partial charge in [0.1, 0.15) is 5.82 Å². The quantitative estimate of drug-likeness (QED) is 0.836. The minimum Gasteiger partial charge on any atom is -0.477 e. The summed E-state index contributed by atoms with van der Waals surface area (Å²) < 4.78 is 1.86. The van der Waals surface area contributed by atoms with Crippen LogP contribution in [0.3, 0.4) is 0 Å². The lowest BCUT2D eigenvalue weighted by Crippen LogP contribution is -2.07. The number of aromatic carboxylic acids is 1. The Balaban J connectivity index is 2.35. The molecule has 82 valence electrons. The van der Waals surface area contributed by atoms with Crippen LogP contribution in [0.1, 0.15) is 21.9 Å². The summed E-state index contributed by atoms with van der Waals surface area (Å²) >= 11 is 0. The fraction of sp³-hybridized carbons (Fsp3) is 0.182. The molecule has 0 amide bonds. The molecule has 5 nitrogen and oxygen atoms in total. The van der Waals surface area contributed by atoms with Crippen LogP contribution < -0.4 is 0 Å². The van der Waals surface area contributed by atoms with Gasteiger partial charge in [-0.2, -0.15) is 0 Å². The molecule has 1 N–H and O–H groups in total. The van der Waals surface area contributed by atoms with Crippen molar-refractivity contribution in [2.45, 2.75) is 6.42 Å². The van der Waals surface area contributed by atoms with Crippen molar-refractivity contribution in [3.05, 3.63) is 47.8 Å². The van der Waals surface area contributed by atoms with Crippen LogP contribution in [-0.4, -0.2) is 25.6 Å². The number of carbonyl (C=O) groups is 1. The van der Waals surface area contributed by atoms with Crippen molar-refractivity contribution >= 4 is 5.97 Å². The molecule has 0 aliphatic heterocycles. The number of aromatic nitrogens is 3. The number of hydrogen-bond donors (Lipinski definition) is 1. The summed E-state index contributed by atoms with van der Waals surface area (Å²) in [6, 6.07) is 3.48. The Labute approximate surface area is 92.4 Å². The molecule has 2 heterocycles. The SMILES string of the molecule is Cn1ccnc1Cc1cccnc1C(=O)O. The second kappa shape index (κ2) is 4.14. The smallest absolute Gasteiger partial charge is 0.354 e. The highest BCUT2D eigenvalue weighted by Crippen LogP contribution is 2.10. The van der Waals surface area contributed by atoms with Crippen LogP contribution in [0.5, 0.6) is 0 Å². The van der Waals surface area contributed by atoms with Gasteiger partial charge in [0.15, 0.2) is 5.69 Å². The summed E-state index contributed by atoms with van der Waals surface area (Å²) in [4.78, 5) is 19.0. The lowest BCUT2D eigenvalue weighted by molar-refractivity contribution is 0.0689. The number of pyridine rings is 1. The van der Waals surface area contributed by atoms with Crippen molar-refractivity contribution in [1.29, 1.82) is 0 Å². The number of carboxylic acids is 1. The third kappa shape index (κ3) is 1.93. The van der Waals surface area contributed by atoms with Crippen LogP contribution in [0.25, 0.3) is 0 Å². The number of hydrogen-bond acceptors (Lipinski definition) is 3. The van der Waals surface area contributed by atoms with E-state index in [0.29, 0.717) is 12.0 Å². The zero-order valence-corrected chi connectivity index (χ0v) is 8.79. The Hall–Kier alpha value is -2.17. The van der Waals surface area contributed by atoms with E-state index in [1.807, 2.05) is 17.8 Å². The summed E-state index contributed by atoms with van der Waals surface area (Å²) in [5, 5.41) is 8.97. The normalized spacial score (nSPS) is 10.3. The van der Waals surface area contributed by atoms with Gasteiger partial charge in [0, 0.05) is 32.1 Å². The molecule has 5 heteroatoms. The summed E-state index contributed by atoms with van der Waals surface area (Å²) in [5.74, 6) is -0.194. The highest BCUT2D eigenvalue weighted by molar-refractivity contribution is 5.87. The molecule has 0 saturated carbocycles. The minimum absolute atomic E-state index is 0.0884. The average molecular weight is 217 g/mol. The van der Waals surface area contributed by atoms with Crippen molar-refractivity contribution in [2.24, 2.45) is 7.05 Å². The van der Waals surface area contributed by atoms with Crippen LogP contribution >= 0.6 is 0 Å². The van der Waals surface area contributed by atoms with Gasteiger partial charge in [-0.05, 0) is 11.6 Å². The van der Waals surface area contributed by atoms with E-state index in [2.05, 4.69) is 9.97 Å². The lowest BCUT2D eigenvalue weighted by atomic mass is 10.1. The van der Waals surface area contributed by atoms with Gasteiger partial charge >= 0.3 is 5.97 Å². The van der Waals surface area contributed by atoms with Gasteiger partial charge in [-0.3, -0.25) is 0 Å². The predicted octanol–water partition coefficient (Wildman–Crippen LogP) is 1.10. The van der Waals surface area contributed by atoms with Gasteiger partial charge in [-0.15, -0.1) is 0 Å². The molecule has 0 unspecified atom stereocenters. The monoisotopic (exact) mass is 217 g/mol. The molecule has 2 rings (SSSR count). The minimum atomic E-state index is -1.01. The first-order valence-corrected chi connectivity index (χ1v) is 4.82. The van der Waals surface area contributed by atoms with Gasteiger partial charge in [0.25, 0.3) is 0 Å². The molecule has 0 radical (unpaired) electrons. The molecule has 16 heavy (non-hydrogen) atoms. The van der Waals surface area contributed by atoms with Gasteiger partial charge in [0.2, 0.25) is 0 Å². The molecule has 0 bridgehead atoms. The topological polar surface area (TPSA) is 68.0 Å². The van der Waals surface area contributed by atoms with Crippen LogP contribution in [0.15, 0.2) is 30.7 Å². The number of carboxylic acid groups (broad SMARTS) is 1. The van der Waals surface area contributed by atoms with Crippen LogP contribution in [0.4, 0.5) is 0 Å². The van der Waals surface area contributed by atoms with Crippen molar-refractivity contribution in [3.63, 3.8) is 0 Å². The maximum atomic E-state index is 10.9. The maximum Gasteiger partial charge on any atom is 0.354 e. The summed E-state index contributed by atoms with van der Waals surface area (Å²) in [6.07, 6.45) is 5.46. The van der Waals surface area contributed by atoms with E-state index in [1.54, 1.807) is 18.3 Å². The molecule has 0 atom stereocenters. The molecule has 2 aromatic rings. The number of nitrogens with zero attached hydrogens (tertiary/aromatic N) is 3. The van der Waals surface area contributed by atoms with Crippen molar-refractivity contribution < 1.29 is 9.90 Å². The number of rotatable bonds is 3. The first-order valence-electron chi connectivity index (χ1n) is 4.82. The van der Waals surface area contributed by atoms with E-state index in [1.165, 1.54) is 6.20 Å². The fourth-order valence-corrected chi connectivity index (χ4v) is 1.51. The molecule has 0 aliphatic rings. The van der Waals surface area contributed by atoms with Crippen LogP contribution in [0.2, 0.25) is 0 Å². The standard InChI is InChI=1S/C11H11N3O2/c1-14-6-5-12-9(14)7-8-3-2-4-13-10(8)11(15)16/h2-6H,7H2,1H3,(H,15,16). The largest absolute Gasteiger partial charge is 0.477 e. The Morgan fingerprint density at radius 3 is 2.88 bits per heavy atom. The zero-order chi connectivity index (χ0) is 11.5. The fourth-order valence-electron chi connectivity index (χ4n) is 1.51. The Kier molecular flexibility index (Phi) is 2.68. The van der Waals surface area contributed by atoms with Crippen molar-refractivity contribution in [1.82, 2.24) is 14.5 Å². The third-order valence-electron chi connectivity index (χ3n) is 2.36. The van der Waals surface area contributed by atoms with E-state index < -0.39 is 5.97 Å². The van der Waals surface area contributed by atoms with E-state index >= 15 is 0 Å². The molecule has 0 fully saturated rings. The first kappa shape index (κ1) is 10.4. The van der Waals surface area contributed by atoms with Crippen LogP contribution in [0, 0.1) is 0 Å². The van der Waals surface area contributed by atoms with Gasteiger partial charge in [-0.1, -0.05) is 6.07 Å². The first-order chi connectivity index (χ1) is 7.68. The Bertz CT molecular complexity index is 519. The van der Waals surface area contributed by atoms with E-state index in [0.717, 1.165) is 5.82 Å². The lowest BCUT2D eigenvalue weighted by Gasteiger charge is -2.04. The van der Waals surface area contributed by atoms with E-state index in [9.17, 15) is 4.79 Å². The average Bonchev–Trinajstić information content (AvgIpc) is 2.65. The molecule has 2 aromatic heterocycles. The number of aryl methyl sites for hydroxylation is 1. The van der Waals surface area contributed by atoms with Crippen LogP contribution in [-0.2, 0) is 13.5 Å². The second-order valence-electron chi connectivity index (χ2n) is 3.45. The molecular weight excluding hydrogens is 206 g/mol. The van der Waals surface area contributed by atoms with E-state index in [-0.39, 0.29) is 5.69 Å². The maximum absolute atomic E-state index is 10.9. The molecule has 0 spiro atoms. The summed E-state index contributed by atoms with van der Waals surface area (Å²) in [5.41, 5.74) is 0.759. The predicted molar refractivity (Wildman–Crippen MR) is 57.2 cm³/mol. The van der Waals surface area contributed by atoms with Crippen molar-refractivity contribution in [2.75, 3.05) is 0 Å². The summed E-state index contributed by atoms with van der Waals surface area (Å²) in [6.45, 7) is 0. The third-order valence-corrected chi connectivity index (χ3v) is 2.36. The van der Waals surface area contributed by atoms with Gasteiger partial charge in [0.05, 0.1) is 0 Å². The van der Waals surface area contributed by atoms with E-state index in [4.69, 9.17) is 5.11 Å². The highest BCUT2D eigenvalue weighted by atomic mass is 16.4. The molecule has 0 aliphatic carbocycles. The van der Waals surface area contributed by atoms with Gasteiger partial charge in [-0.25, -0.2) is 14.8 Å². The number of imidazole rings is 1. The summed E-state index contributed by atoms with van der Waals surface area (Å²) in [7, 11) is 1.87. The molecule has 0 saturated heterocycles.